The van der Waals surface area contributed by atoms with Crippen molar-refractivity contribution in [2.75, 3.05) is 11.9 Å². The summed E-state index contributed by atoms with van der Waals surface area (Å²) in [5.74, 6) is -0.887. The van der Waals surface area contributed by atoms with Crippen molar-refractivity contribution in [3.8, 4) is 0 Å². The number of hydrogen-bond donors (Lipinski definition) is 2. The highest BCUT2D eigenvalue weighted by Gasteiger charge is 2.18. The molecule has 0 unspecified atom stereocenters. The zero-order valence-electron chi connectivity index (χ0n) is 11.8. The van der Waals surface area contributed by atoms with Crippen LogP contribution in [0.25, 0.3) is 0 Å². The molecule has 0 saturated heterocycles. The van der Waals surface area contributed by atoms with E-state index in [9.17, 15) is 14.4 Å². The lowest BCUT2D eigenvalue weighted by atomic mass is 10.2. The second-order valence-electron chi connectivity index (χ2n) is 4.82. The Morgan fingerprint density at radius 1 is 1.40 bits per heavy atom. The lowest BCUT2D eigenvalue weighted by Crippen LogP contribution is -2.29. The van der Waals surface area contributed by atoms with Gasteiger partial charge < -0.3 is 9.47 Å². The molecule has 1 amide bonds. The molecule has 0 spiro atoms. The molecule has 0 aliphatic carbocycles. The van der Waals surface area contributed by atoms with E-state index in [1.807, 2.05) is 0 Å². The fourth-order valence-electron chi connectivity index (χ4n) is 1.21. The van der Waals surface area contributed by atoms with Crippen molar-refractivity contribution < 1.29 is 19.1 Å². The van der Waals surface area contributed by atoms with Crippen molar-refractivity contribution in [2.24, 2.45) is 0 Å². The number of ether oxygens (including phenoxy) is 2. The molecular formula is C12H17N3O5. The number of amides is 1. The van der Waals surface area contributed by atoms with Crippen LogP contribution in [0.2, 0.25) is 0 Å². The minimum atomic E-state index is -0.773. The molecule has 8 heteroatoms. The number of H-pyrrole nitrogens is 1. The second kappa shape index (κ2) is 6.18. The number of carbonyl (C=O) groups is 2. The van der Waals surface area contributed by atoms with Gasteiger partial charge in [0.15, 0.2) is 0 Å². The van der Waals surface area contributed by atoms with Crippen LogP contribution in [0.4, 0.5) is 10.7 Å². The summed E-state index contributed by atoms with van der Waals surface area (Å²) < 4.78 is 9.68. The van der Waals surface area contributed by atoms with E-state index in [-0.39, 0.29) is 18.1 Å². The van der Waals surface area contributed by atoms with Gasteiger partial charge in [-0.15, -0.1) is 0 Å². The molecule has 8 nitrogen and oxygen atoms in total. The highest BCUT2D eigenvalue weighted by Crippen LogP contribution is 2.08. The third-order valence-electron chi connectivity index (χ3n) is 1.91. The van der Waals surface area contributed by atoms with Gasteiger partial charge in [0, 0.05) is 0 Å². The van der Waals surface area contributed by atoms with Gasteiger partial charge in [-0.05, 0) is 27.7 Å². The van der Waals surface area contributed by atoms with Gasteiger partial charge >= 0.3 is 12.1 Å². The molecule has 0 radical (unpaired) electrons. The first-order valence-electron chi connectivity index (χ1n) is 5.99. The summed E-state index contributed by atoms with van der Waals surface area (Å²) in [6.07, 6.45) is 0.272. The van der Waals surface area contributed by atoms with Crippen LogP contribution in [0.15, 0.2) is 11.0 Å². The van der Waals surface area contributed by atoms with E-state index < -0.39 is 23.2 Å². The Kier molecular flexibility index (Phi) is 4.84. The first-order valence-corrected chi connectivity index (χ1v) is 5.99. The first-order chi connectivity index (χ1) is 9.23. The van der Waals surface area contributed by atoms with Crippen LogP contribution in [-0.4, -0.2) is 34.2 Å². The van der Waals surface area contributed by atoms with Gasteiger partial charge in [0.25, 0.3) is 5.56 Å². The highest BCUT2D eigenvalue weighted by atomic mass is 16.6. The summed E-state index contributed by atoms with van der Waals surface area (Å²) in [5.41, 5.74) is -1.61. The average Bonchev–Trinajstić information content (AvgIpc) is 2.26. The number of hydrogen-bond acceptors (Lipinski definition) is 6. The molecule has 1 heterocycles. The van der Waals surface area contributed by atoms with Crippen molar-refractivity contribution >= 4 is 18.0 Å². The van der Waals surface area contributed by atoms with Crippen molar-refractivity contribution in [1.29, 1.82) is 0 Å². The lowest BCUT2D eigenvalue weighted by Gasteiger charge is -2.19. The predicted octanol–water partition coefficient (Wildman–Crippen LogP) is 1.29. The van der Waals surface area contributed by atoms with Crippen molar-refractivity contribution in [3.63, 3.8) is 0 Å². The molecule has 1 aromatic heterocycles. The fraction of sp³-hybridized carbons (Fsp3) is 0.500. The normalized spacial score (nSPS) is 10.8. The summed E-state index contributed by atoms with van der Waals surface area (Å²) in [6.45, 7) is 6.87. The Hall–Kier alpha value is -2.38. The molecule has 0 bridgehead atoms. The number of anilines is 1. The van der Waals surface area contributed by atoms with Crippen molar-refractivity contribution in [2.45, 2.75) is 33.3 Å². The maximum atomic E-state index is 11.6. The van der Waals surface area contributed by atoms with Crippen LogP contribution in [-0.2, 0) is 9.47 Å². The summed E-state index contributed by atoms with van der Waals surface area (Å²) in [7, 11) is 0. The van der Waals surface area contributed by atoms with Crippen LogP contribution in [0.1, 0.15) is 38.1 Å². The molecule has 1 rings (SSSR count). The largest absolute Gasteiger partial charge is 0.462 e. The molecule has 0 aliphatic heterocycles. The molecule has 20 heavy (non-hydrogen) atoms. The Morgan fingerprint density at radius 3 is 2.55 bits per heavy atom. The summed E-state index contributed by atoms with van der Waals surface area (Å²) >= 11 is 0. The van der Waals surface area contributed by atoms with Gasteiger partial charge in [-0.25, -0.2) is 14.6 Å². The highest BCUT2D eigenvalue weighted by molar-refractivity contribution is 5.89. The molecule has 0 atom stereocenters. The van der Waals surface area contributed by atoms with Gasteiger partial charge in [0.2, 0.25) is 5.95 Å². The molecular weight excluding hydrogens is 266 g/mol. The van der Waals surface area contributed by atoms with E-state index in [4.69, 9.17) is 4.74 Å². The number of rotatable bonds is 3. The maximum Gasteiger partial charge on any atom is 0.414 e. The SMILES string of the molecule is CCOC(=O)c1cnc(NC(=O)OC(C)(C)C)[nH]c1=O. The third-order valence-corrected chi connectivity index (χ3v) is 1.91. The number of carbonyl (C=O) groups excluding carboxylic acids is 2. The number of nitrogens with one attached hydrogen (secondary N) is 2. The van der Waals surface area contributed by atoms with Gasteiger partial charge in [0.1, 0.15) is 11.2 Å². The molecule has 0 saturated carbocycles. The Morgan fingerprint density at radius 2 is 2.05 bits per heavy atom. The standard InChI is InChI=1S/C12H17N3O5/c1-5-19-9(17)7-6-13-10(14-8(7)16)15-11(18)20-12(2,3)4/h6H,5H2,1-4H3,(H2,13,14,15,16,18). The lowest BCUT2D eigenvalue weighted by molar-refractivity contribution is 0.0523. The quantitative estimate of drug-likeness (QED) is 0.809. The Labute approximate surface area is 115 Å². The van der Waals surface area contributed by atoms with Crippen molar-refractivity contribution in [1.82, 2.24) is 9.97 Å². The topological polar surface area (TPSA) is 110 Å². The van der Waals surface area contributed by atoms with Crippen LogP contribution in [0, 0.1) is 0 Å². The van der Waals surface area contributed by atoms with E-state index in [2.05, 4.69) is 20.0 Å². The van der Waals surface area contributed by atoms with Gasteiger partial charge in [-0.2, -0.15) is 0 Å². The molecule has 0 fully saturated rings. The number of nitrogens with zero attached hydrogens (tertiary/aromatic N) is 1. The number of aromatic nitrogens is 2. The Balaban J connectivity index is 2.81. The summed E-state index contributed by atoms with van der Waals surface area (Å²) in [5, 5.41) is 2.26. The predicted molar refractivity (Wildman–Crippen MR) is 70.7 cm³/mol. The van der Waals surface area contributed by atoms with Gasteiger partial charge in [-0.3, -0.25) is 15.1 Å². The second-order valence-corrected chi connectivity index (χ2v) is 4.82. The van der Waals surface area contributed by atoms with Crippen LogP contribution in [0.3, 0.4) is 0 Å². The average molecular weight is 283 g/mol. The van der Waals surface area contributed by atoms with E-state index >= 15 is 0 Å². The van der Waals surface area contributed by atoms with E-state index in [1.54, 1.807) is 27.7 Å². The molecule has 1 aromatic rings. The monoisotopic (exact) mass is 283 g/mol. The number of aromatic amines is 1. The fourth-order valence-corrected chi connectivity index (χ4v) is 1.21. The van der Waals surface area contributed by atoms with E-state index in [1.165, 1.54) is 0 Å². The zero-order valence-corrected chi connectivity index (χ0v) is 11.8. The van der Waals surface area contributed by atoms with Crippen LogP contribution in [0.5, 0.6) is 0 Å². The van der Waals surface area contributed by atoms with Gasteiger partial charge in [0.05, 0.1) is 12.8 Å². The smallest absolute Gasteiger partial charge is 0.414 e. The van der Waals surface area contributed by atoms with E-state index in [0.717, 1.165) is 6.20 Å². The van der Waals surface area contributed by atoms with Crippen LogP contribution < -0.4 is 10.9 Å². The van der Waals surface area contributed by atoms with Crippen LogP contribution >= 0.6 is 0 Å². The van der Waals surface area contributed by atoms with E-state index in [0.29, 0.717) is 0 Å². The molecule has 0 aromatic carbocycles. The first kappa shape index (κ1) is 15.7. The summed E-state index contributed by atoms with van der Waals surface area (Å²) in [4.78, 5) is 40.5. The zero-order chi connectivity index (χ0) is 15.3. The molecule has 0 aliphatic rings. The number of esters is 1. The van der Waals surface area contributed by atoms with Crippen molar-refractivity contribution in [3.05, 3.63) is 22.1 Å². The third kappa shape index (κ3) is 4.71. The Bertz CT molecular complexity index is 559. The maximum absolute atomic E-state index is 11.6. The van der Waals surface area contributed by atoms with Gasteiger partial charge in [-0.1, -0.05) is 0 Å². The molecule has 110 valence electrons. The molecule has 2 N–H and O–H groups in total. The minimum absolute atomic E-state index is 0.114. The minimum Gasteiger partial charge on any atom is -0.462 e. The summed E-state index contributed by atoms with van der Waals surface area (Å²) in [6, 6.07) is 0.